The van der Waals surface area contributed by atoms with Crippen LogP contribution in [0, 0.1) is 6.92 Å². The second kappa shape index (κ2) is 7.27. The molecule has 0 aliphatic rings. The number of nitrogens with zero attached hydrogens (tertiary/aromatic N) is 2. The largest absolute Gasteiger partial charge is 0.497 e. The van der Waals surface area contributed by atoms with Gasteiger partial charge in [0.2, 0.25) is 0 Å². The van der Waals surface area contributed by atoms with Crippen LogP contribution >= 0.6 is 0 Å². The average molecular weight is 287 g/mol. The topological polar surface area (TPSA) is 39.1 Å². The zero-order valence-corrected chi connectivity index (χ0v) is 13.4. The second-order valence-corrected chi connectivity index (χ2v) is 5.39. The van der Waals surface area contributed by atoms with Crippen molar-refractivity contribution in [2.75, 3.05) is 14.2 Å². The van der Waals surface area contributed by atoms with E-state index in [0.29, 0.717) is 6.04 Å². The van der Waals surface area contributed by atoms with Crippen LogP contribution < -0.4 is 10.1 Å². The Morgan fingerprint density at radius 1 is 1.38 bits per heavy atom. The summed E-state index contributed by atoms with van der Waals surface area (Å²) in [7, 11) is 3.71. The highest BCUT2D eigenvalue weighted by Crippen LogP contribution is 2.19. The van der Waals surface area contributed by atoms with Crippen LogP contribution in [0.1, 0.15) is 42.8 Å². The van der Waals surface area contributed by atoms with Gasteiger partial charge in [-0.05, 0) is 32.0 Å². The van der Waals surface area contributed by atoms with Crippen molar-refractivity contribution in [1.29, 1.82) is 0 Å². The summed E-state index contributed by atoms with van der Waals surface area (Å²) in [6.07, 6.45) is 6.64. The monoisotopic (exact) mass is 287 g/mol. The molecule has 114 valence electrons. The molecule has 0 bridgehead atoms. The van der Waals surface area contributed by atoms with Gasteiger partial charge in [-0.1, -0.05) is 13.3 Å². The van der Waals surface area contributed by atoms with E-state index in [-0.39, 0.29) is 0 Å². The van der Waals surface area contributed by atoms with Gasteiger partial charge in [-0.2, -0.15) is 0 Å². The Morgan fingerprint density at radius 2 is 2.19 bits per heavy atom. The molecule has 0 aliphatic heterocycles. The summed E-state index contributed by atoms with van der Waals surface area (Å²) >= 11 is 0. The predicted octanol–water partition coefficient (Wildman–Crippen LogP) is 3.31. The van der Waals surface area contributed by atoms with Crippen LogP contribution in [-0.4, -0.2) is 23.7 Å². The molecule has 0 aliphatic carbocycles. The highest BCUT2D eigenvalue weighted by atomic mass is 16.5. The molecule has 0 radical (unpaired) electrons. The second-order valence-electron chi connectivity index (χ2n) is 5.39. The van der Waals surface area contributed by atoms with Crippen molar-refractivity contribution in [2.45, 2.75) is 39.3 Å². The summed E-state index contributed by atoms with van der Waals surface area (Å²) in [5.74, 6) is 0.865. The lowest BCUT2D eigenvalue weighted by atomic mass is 10.1. The molecule has 0 saturated carbocycles. The number of nitrogens with one attached hydrogen (secondary N) is 1. The van der Waals surface area contributed by atoms with Crippen LogP contribution in [0.15, 0.2) is 30.6 Å². The molecule has 0 aromatic carbocycles. The van der Waals surface area contributed by atoms with E-state index < -0.39 is 0 Å². The molecule has 0 saturated heterocycles. The molecule has 4 heteroatoms. The van der Waals surface area contributed by atoms with Gasteiger partial charge in [0.1, 0.15) is 5.75 Å². The summed E-state index contributed by atoms with van der Waals surface area (Å²) < 4.78 is 7.48. The van der Waals surface area contributed by atoms with E-state index in [2.05, 4.69) is 40.3 Å². The molecule has 21 heavy (non-hydrogen) atoms. The standard InChI is InChI=1S/C17H25N3O/c1-5-6-17(18-3)14-7-8-20(11-14)12-15-10-16(21-4)9-13(2)19-15/h7-11,17-18H,5-6,12H2,1-4H3. The van der Waals surface area contributed by atoms with Gasteiger partial charge in [-0.25, -0.2) is 0 Å². The number of hydrogen-bond acceptors (Lipinski definition) is 3. The molecule has 0 fully saturated rings. The molecule has 0 amide bonds. The van der Waals surface area contributed by atoms with Crippen molar-refractivity contribution >= 4 is 0 Å². The van der Waals surface area contributed by atoms with Gasteiger partial charge in [0, 0.05) is 36.3 Å². The Kier molecular flexibility index (Phi) is 5.39. The minimum Gasteiger partial charge on any atom is -0.497 e. The Bertz CT molecular complexity index is 577. The third kappa shape index (κ3) is 4.08. The quantitative estimate of drug-likeness (QED) is 0.849. The summed E-state index contributed by atoms with van der Waals surface area (Å²) in [4.78, 5) is 4.57. The van der Waals surface area contributed by atoms with Crippen molar-refractivity contribution in [1.82, 2.24) is 14.9 Å². The van der Waals surface area contributed by atoms with Gasteiger partial charge in [0.05, 0.1) is 19.3 Å². The molecule has 2 heterocycles. The van der Waals surface area contributed by atoms with Crippen LogP contribution in [0.3, 0.4) is 0 Å². The first-order chi connectivity index (χ1) is 10.2. The molecule has 4 nitrogen and oxygen atoms in total. The van der Waals surface area contributed by atoms with Crippen LogP contribution in [0.5, 0.6) is 5.75 Å². The summed E-state index contributed by atoms with van der Waals surface area (Å²) in [6, 6.07) is 6.55. The maximum Gasteiger partial charge on any atom is 0.122 e. The first-order valence-electron chi connectivity index (χ1n) is 7.50. The van der Waals surface area contributed by atoms with E-state index in [1.165, 1.54) is 12.0 Å². The number of aryl methyl sites for hydroxylation is 1. The minimum absolute atomic E-state index is 0.427. The first kappa shape index (κ1) is 15.6. The van der Waals surface area contributed by atoms with E-state index >= 15 is 0 Å². The third-order valence-corrected chi connectivity index (χ3v) is 3.66. The zero-order valence-electron chi connectivity index (χ0n) is 13.4. The SMILES string of the molecule is CCCC(NC)c1ccn(Cc2cc(OC)cc(C)n2)c1. The molecule has 2 rings (SSSR count). The maximum atomic E-state index is 5.31. The lowest BCUT2D eigenvalue weighted by molar-refractivity contribution is 0.413. The number of pyridine rings is 1. The molecule has 2 aromatic heterocycles. The van der Waals surface area contributed by atoms with Crippen molar-refractivity contribution in [2.24, 2.45) is 0 Å². The minimum atomic E-state index is 0.427. The average Bonchev–Trinajstić information content (AvgIpc) is 2.92. The maximum absolute atomic E-state index is 5.31. The number of hydrogen-bond donors (Lipinski definition) is 1. The highest BCUT2D eigenvalue weighted by molar-refractivity contribution is 5.27. The molecular weight excluding hydrogens is 262 g/mol. The number of aromatic nitrogens is 2. The van der Waals surface area contributed by atoms with Gasteiger partial charge in [-0.15, -0.1) is 0 Å². The number of ether oxygens (including phenoxy) is 1. The van der Waals surface area contributed by atoms with Gasteiger partial charge in [0.15, 0.2) is 0 Å². The van der Waals surface area contributed by atoms with E-state index in [0.717, 1.165) is 30.1 Å². The van der Waals surface area contributed by atoms with Crippen molar-refractivity contribution in [3.63, 3.8) is 0 Å². The number of methoxy groups -OCH3 is 1. The van der Waals surface area contributed by atoms with Gasteiger partial charge >= 0.3 is 0 Å². The predicted molar refractivity (Wildman–Crippen MR) is 85.8 cm³/mol. The molecule has 1 atom stereocenters. The molecule has 1 unspecified atom stereocenters. The molecule has 0 spiro atoms. The lowest BCUT2D eigenvalue weighted by Gasteiger charge is -2.13. The van der Waals surface area contributed by atoms with Crippen LogP contribution in [0.4, 0.5) is 0 Å². The first-order valence-corrected chi connectivity index (χ1v) is 7.50. The van der Waals surface area contributed by atoms with Crippen molar-refractivity contribution < 1.29 is 4.74 Å². The van der Waals surface area contributed by atoms with E-state index in [1.807, 2.05) is 26.1 Å². The Labute approximate surface area is 127 Å². The van der Waals surface area contributed by atoms with Gasteiger partial charge in [-0.3, -0.25) is 4.98 Å². The Morgan fingerprint density at radius 3 is 2.86 bits per heavy atom. The van der Waals surface area contributed by atoms with E-state index in [1.54, 1.807) is 7.11 Å². The lowest BCUT2D eigenvalue weighted by Crippen LogP contribution is -2.15. The Hall–Kier alpha value is -1.81. The fourth-order valence-electron chi connectivity index (χ4n) is 2.62. The third-order valence-electron chi connectivity index (χ3n) is 3.66. The summed E-state index contributed by atoms with van der Waals surface area (Å²) in [5, 5.41) is 3.37. The van der Waals surface area contributed by atoms with Crippen molar-refractivity contribution in [3.05, 3.63) is 47.5 Å². The molecular formula is C17H25N3O. The number of rotatable bonds is 7. The fourth-order valence-corrected chi connectivity index (χ4v) is 2.62. The summed E-state index contributed by atoms with van der Waals surface area (Å²) in [6.45, 7) is 4.97. The molecule has 2 aromatic rings. The fraction of sp³-hybridized carbons (Fsp3) is 0.471. The van der Waals surface area contributed by atoms with E-state index in [4.69, 9.17) is 4.74 Å². The van der Waals surface area contributed by atoms with Crippen LogP contribution in [0.2, 0.25) is 0 Å². The van der Waals surface area contributed by atoms with E-state index in [9.17, 15) is 0 Å². The van der Waals surface area contributed by atoms with Gasteiger partial charge in [0.25, 0.3) is 0 Å². The molecule has 1 N–H and O–H groups in total. The van der Waals surface area contributed by atoms with Crippen LogP contribution in [-0.2, 0) is 6.54 Å². The highest BCUT2D eigenvalue weighted by Gasteiger charge is 2.10. The van der Waals surface area contributed by atoms with Crippen molar-refractivity contribution in [3.8, 4) is 5.75 Å². The normalized spacial score (nSPS) is 12.4. The zero-order chi connectivity index (χ0) is 15.2. The van der Waals surface area contributed by atoms with Gasteiger partial charge < -0.3 is 14.6 Å². The Balaban J connectivity index is 2.13. The summed E-state index contributed by atoms with van der Waals surface area (Å²) in [5.41, 5.74) is 3.33. The van der Waals surface area contributed by atoms with Crippen LogP contribution in [0.25, 0.3) is 0 Å². The smallest absolute Gasteiger partial charge is 0.122 e.